The fourth-order valence-corrected chi connectivity index (χ4v) is 3.11. The van der Waals surface area contributed by atoms with Gasteiger partial charge in [0.2, 0.25) is 0 Å². The molecule has 1 aliphatic rings. The van der Waals surface area contributed by atoms with Gasteiger partial charge in [0.05, 0.1) is 0 Å². The minimum Gasteiger partial charge on any atom is -0.311 e. The molecule has 0 amide bonds. The van der Waals surface area contributed by atoms with Gasteiger partial charge in [-0.15, -0.1) is 11.8 Å². The highest BCUT2D eigenvalue weighted by Crippen LogP contribution is 2.18. The molecule has 0 aliphatic carbocycles. The highest BCUT2D eigenvalue weighted by Gasteiger charge is 2.15. The average Bonchev–Trinajstić information content (AvgIpc) is 2.38. The van der Waals surface area contributed by atoms with Gasteiger partial charge in [0.25, 0.3) is 0 Å². The average molecular weight is 264 g/mol. The number of likely N-dealkylation sites (N-methyl/N-ethyl adjacent to an activating group) is 1. The fourth-order valence-electron chi connectivity index (χ4n) is 2.44. The van der Waals surface area contributed by atoms with Crippen molar-refractivity contribution in [2.24, 2.45) is 0 Å². The van der Waals surface area contributed by atoms with Crippen molar-refractivity contribution >= 4 is 11.8 Å². The van der Waals surface area contributed by atoms with Gasteiger partial charge in [-0.25, -0.2) is 0 Å². The number of hydrogen-bond acceptors (Lipinski definition) is 3. The SMILES string of the molecule is CCSc1ccc(CCC2CN(C)CCN2)cc1. The lowest BCUT2D eigenvalue weighted by molar-refractivity contribution is 0.232. The second-order valence-corrected chi connectivity index (χ2v) is 6.37. The topological polar surface area (TPSA) is 15.3 Å². The second-order valence-electron chi connectivity index (χ2n) is 5.03. The van der Waals surface area contributed by atoms with Crippen molar-refractivity contribution < 1.29 is 0 Å². The smallest absolute Gasteiger partial charge is 0.0198 e. The van der Waals surface area contributed by atoms with Crippen LogP contribution in [0.15, 0.2) is 29.2 Å². The molecule has 0 saturated carbocycles. The lowest BCUT2D eigenvalue weighted by Crippen LogP contribution is -2.49. The van der Waals surface area contributed by atoms with Gasteiger partial charge >= 0.3 is 0 Å². The van der Waals surface area contributed by atoms with Crippen molar-refractivity contribution in [1.29, 1.82) is 0 Å². The Labute approximate surface area is 115 Å². The minimum atomic E-state index is 0.661. The van der Waals surface area contributed by atoms with E-state index in [-0.39, 0.29) is 0 Å². The van der Waals surface area contributed by atoms with Crippen molar-refractivity contribution in [2.75, 3.05) is 32.4 Å². The van der Waals surface area contributed by atoms with Crippen LogP contribution in [-0.4, -0.2) is 43.4 Å². The first-order valence-electron chi connectivity index (χ1n) is 6.91. The number of thioether (sulfide) groups is 1. The van der Waals surface area contributed by atoms with E-state index in [4.69, 9.17) is 0 Å². The van der Waals surface area contributed by atoms with Crippen LogP contribution in [0, 0.1) is 0 Å². The van der Waals surface area contributed by atoms with E-state index in [0.717, 1.165) is 12.3 Å². The summed E-state index contributed by atoms with van der Waals surface area (Å²) in [5.41, 5.74) is 1.46. The molecule has 3 heteroatoms. The van der Waals surface area contributed by atoms with E-state index in [1.165, 1.54) is 36.4 Å². The molecule has 2 nitrogen and oxygen atoms in total. The van der Waals surface area contributed by atoms with E-state index >= 15 is 0 Å². The lowest BCUT2D eigenvalue weighted by Gasteiger charge is -2.30. The highest BCUT2D eigenvalue weighted by atomic mass is 32.2. The van der Waals surface area contributed by atoms with Crippen LogP contribution >= 0.6 is 11.8 Å². The number of benzene rings is 1. The van der Waals surface area contributed by atoms with Gasteiger partial charge in [0.15, 0.2) is 0 Å². The largest absolute Gasteiger partial charge is 0.311 e. The Kier molecular flexibility index (Phi) is 5.54. The van der Waals surface area contributed by atoms with Gasteiger partial charge in [0.1, 0.15) is 0 Å². The zero-order chi connectivity index (χ0) is 12.8. The van der Waals surface area contributed by atoms with Crippen LogP contribution < -0.4 is 5.32 Å². The second kappa shape index (κ2) is 7.17. The van der Waals surface area contributed by atoms with Gasteiger partial charge in [-0.3, -0.25) is 0 Å². The predicted octanol–water partition coefficient (Wildman–Crippen LogP) is 2.63. The summed E-state index contributed by atoms with van der Waals surface area (Å²) < 4.78 is 0. The maximum Gasteiger partial charge on any atom is 0.0198 e. The molecule has 0 radical (unpaired) electrons. The Morgan fingerprint density at radius 1 is 1.33 bits per heavy atom. The van der Waals surface area contributed by atoms with Gasteiger partial charge in [0, 0.05) is 30.6 Å². The minimum absolute atomic E-state index is 0.661. The first-order valence-corrected chi connectivity index (χ1v) is 7.90. The van der Waals surface area contributed by atoms with Crippen LogP contribution in [0.2, 0.25) is 0 Å². The summed E-state index contributed by atoms with van der Waals surface area (Å²) in [6.45, 7) is 5.69. The van der Waals surface area contributed by atoms with Crippen LogP contribution in [0.4, 0.5) is 0 Å². The zero-order valence-electron chi connectivity index (χ0n) is 11.5. The molecule has 1 atom stereocenters. The van der Waals surface area contributed by atoms with Crippen LogP contribution in [0.5, 0.6) is 0 Å². The molecule has 0 aromatic heterocycles. The van der Waals surface area contributed by atoms with Gasteiger partial charge in [-0.2, -0.15) is 0 Å². The molecule has 1 aromatic rings. The molecule has 1 aromatic carbocycles. The monoisotopic (exact) mass is 264 g/mol. The summed E-state index contributed by atoms with van der Waals surface area (Å²) in [6.07, 6.45) is 2.42. The van der Waals surface area contributed by atoms with E-state index in [1.807, 2.05) is 11.8 Å². The molecule has 18 heavy (non-hydrogen) atoms. The first kappa shape index (κ1) is 13.9. The van der Waals surface area contributed by atoms with Crippen LogP contribution in [0.25, 0.3) is 0 Å². The summed E-state index contributed by atoms with van der Waals surface area (Å²) in [6, 6.07) is 9.73. The van der Waals surface area contributed by atoms with Crippen molar-refractivity contribution in [3.63, 3.8) is 0 Å². The van der Waals surface area contributed by atoms with E-state index in [2.05, 4.69) is 48.5 Å². The maximum atomic E-state index is 3.61. The molecule has 100 valence electrons. The van der Waals surface area contributed by atoms with Gasteiger partial charge in [-0.05, 0) is 43.3 Å². The number of nitrogens with one attached hydrogen (secondary N) is 1. The number of aryl methyl sites for hydroxylation is 1. The number of hydrogen-bond donors (Lipinski definition) is 1. The Morgan fingerprint density at radius 3 is 2.78 bits per heavy atom. The standard InChI is InChI=1S/C15H24N2S/c1-3-18-15-8-5-13(6-9-15)4-7-14-12-17(2)11-10-16-14/h5-6,8-9,14,16H,3-4,7,10-12H2,1-2H3. The summed E-state index contributed by atoms with van der Waals surface area (Å²) in [4.78, 5) is 3.80. The van der Waals surface area contributed by atoms with Crippen LogP contribution in [0.3, 0.4) is 0 Å². The Balaban J connectivity index is 1.78. The van der Waals surface area contributed by atoms with E-state index < -0.39 is 0 Å². The molecular weight excluding hydrogens is 240 g/mol. The number of piperazine rings is 1. The Morgan fingerprint density at radius 2 is 2.11 bits per heavy atom. The van der Waals surface area contributed by atoms with Crippen molar-refractivity contribution in [2.45, 2.75) is 30.7 Å². The summed E-state index contributed by atoms with van der Waals surface area (Å²) in [7, 11) is 2.21. The van der Waals surface area contributed by atoms with Crippen LogP contribution in [0.1, 0.15) is 18.9 Å². The molecule has 1 N–H and O–H groups in total. The third-order valence-electron chi connectivity index (χ3n) is 3.47. The van der Waals surface area contributed by atoms with E-state index in [1.54, 1.807) is 0 Å². The van der Waals surface area contributed by atoms with E-state index in [9.17, 15) is 0 Å². The normalized spacial score (nSPS) is 21.1. The number of rotatable bonds is 5. The molecule has 1 unspecified atom stereocenters. The van der Waals surface area contributed by atoms with E-state index in [0.29, 0.717) is 6.04 Å². The summed E-state index contributed by atoms with van der Waals surface area (Å²) >= 11 is 1.91. The first-order chi connectivity index (χ1) is 8.78. The van der Waals surface area contributed by atoms with Gasteiger partial charge < -0.3 is 10.2 Å². The summed E-state index contributed by atoms with van der Waals surface area (Å²) in [5, 5.41) is 3.61. The van der Waals surface area contributed by atoms with Gasteiger partial charge in [-0.1, -0.05) is 19.1 Å². The zero-order valence-corrected chi connectivity index (χ0v) is 12.3. The third-order valence-corrected chi connectivity index (χ3v) is 4.37. The van der Waals surface area contributed by atoms with Crippen LogP contribution in [-0.2, 0) is 6.42 Å². The summed E-state index contributed by atoms with van der Waals surface area (Å²) in [5.74, 6) is 1.15. The molecule has 1 fully saturated rings. The fraction of sp³-hybridized carbons (Fsp3) is 0.600. The molecular formula is C15H24N2S. The maximum absolute atomic E-state index is 3.61. The van der Waals surface area contributed by atoms with Crippen molar-refractivity contribution in [3.05, 3.63) is 29.8 Å². The molecule has 0 bridgehead atoms. The Hall–Kier alpha value is -0.510. The molecule has 1 aliphatic heterocycles. The number of nitrogens with zero attached hydrogens (tertiary/aromatic N) is 1. The van der Waals surface area contributed by atoms with Crippen molar-refractivity contribution in [3.8, 4) is 0 Å². The molecule has 2 rings (SSSR count). The quantitative estimate of drug-likeness (QED) is 0.823. The lowest BCUT2D eigenvalue weighted by atomic mass is 10.0. The Bertz CT molecular complexity index is 350. The predicted molar refractivity (Wildman–Crippen MR) is 80.4 cm³/mol. The molecule has 0 spiro atoms. The molecule has 1 saturated heterocycles. The highest BCUT2D eigenvalue weighted by molar-refractivity contribution is 7.99. The van der Waals surface area contributed by atoms with Crippen molar-refractivity contribution in [1.82, 2.24) is 10.2 Å². The third kappa shape index (κ3) is 4.30. The molecule has 1 heterocycles.